The highest BCUT2D eigenvalue weighted by molar-refractivity contribution is 7.16. The van der Waals surface area contributed by atoms with Gasteiger partial charge in [0.25, 0.3) is 0 Å². The third-order valence-corrected chi connectivity index (χ3v) is 4.91. The summed E-state index contributed by atoms with van der Waals surface area (Å²) in [5, 5.41) is 14.7. The quantitative estimate of drug-likeness (QED) is 0.471. The standard InChI is InChI=1S/C19H12FN5OS/c20-13-6-8-14(9-7-13)26-11-17-24-25-18(22-23-19(25)27-17)16-10-5-12-3-1-2-4-15(12)21-16/h1-10H,11H2. The van der Waals surface area contributed by atoms with Gasteiger partial charge in [-0.1, -0.05) is 35.6 Å². The van der Waals surface area contributed by atoms with Crippen molar-refractivity contribution in [2.45, 2.75) is 6.61 Å². The van der Waals surface area contributed by atoms with Gasteiger partial charge in [-0.3, -0.25) is 0 Å². The monoisotopic (exact) mass is 377 g/mol. The molecular formula is C19H12FN5OS. The summed E-state index contributed by atoms with van der Waals surface area (Å²) in [5.74, 6) is 0.868. The molecule has 6 nitrogen and oxygen atoms in total. The van der Waals surface area contributed by atoms with Gasteiger partial charge in [-0.15, -0.1) is 10.2 Å². The number of hydrogen-bond acceptors (Lipinski definition) is 6. The van der Waals surface area contributed by atoms with Crippen LogP contribution in [0.5, 0.6) is 5.75 Å². The Morgan fingerprint density at radius 3 is 2.70 bits per heavy atom. The third kappa shape index (κ3) is 3.00. The van der Waals surface area contributed by atoms with Crippen molar-refractivity contribution in [3.8, 4) is 17.3 Å². The predicted molar refractivity (Wildman–Crippen MR) is 100 cm³/mol. The Hall–Kier alpha value is -3.39. The van der Waals surface area contributed by atoms with Gasteiger partial charge in [0, 0.05) is 5.39 Å². The number of benzene rings is 2. The van der Waals surface area contributed by atoms with Gasteiger partial charge in [0.05, 0.1) is 5.52 Å². The highest BCUT2D eigenvalue weighted by Gasteiger charge is 2.15. The molecule has 3 aromatic heterocycles. The van der Waals surface area contributed by atoms with Crippen LogP contribution in [-0.2, 0) is 6.61 Å². The molecule has 2 aromatic carbocycles. The topological polar surface area (TPSA) is 65.2 Å². The lowest BCUT2D eigenvalue weighted by atomic mass is 10.2. The Morgan fingerprint density at radius 1 is 0.963 bits per heavy atom. The van der Waals surface area contributed by atoms with E-state index in [4.69, 9.17) is 4.74 Å². The van der Waals surface area contributed by atoms with Crippen LogP contribution in [-0.4, -0.2) is 24.8 Å². The number of hydrogen-bond donors (Lipinski definition) is 0. The molecule has 0 N–H and O–H groups in total. The van der Waals surface area contributed by atoms with Crippen molar-refractivity contribution in [3.05, 3.63) is 71.5 Å². The molecule has 8 heteroatoms. The van der Waals surface area contributed by atoms with E-state index in [9.17, 15) is 4.39 Å². The average Bonchev–Trinajstić information content (AvgIpc) is 3.27. The maximum Gasteiger partial charge on any atom is 0.235 e. The molecule has 3 heterocycles. The van der Waals surface area contributed by atoms with Gasteiger partial charge in [-0.05, 0) is 36.4 Å². The van der Waals surface area contributed by atoms with E-state index in [1.807, 2.05) is 36.4 Å². The van der Waals surface area contributed by atoms with Gasteiger partial charge in [0.1, 0.15) is 23.9 Å². The first-order chi connectivity index (χ1) is 13.3. The van der Waals surface area contributed by atoms with Crippen LogP contribution in [0.3, 0.4) is 0 Å². The van der Waals surface area contributed by atoms with E-state index in [-0.39, 0.29) is 12.4 Å². The van der Waals surface area contributed by atoms with E-state index in [2.05, 4.69) is 20.3 Å². The zero-order chi connectivity index (χ0) is 18.2. The molecular weight excluding hydrogens is 365 g/mol. The molecule has 0 aliphatic rings. The maximum absolute atomic E-state index is 13.0. The molecule has 0 aliphatic heterocycles. The number of nitrogens with zero attached hydrogens (tertiary/aromatic N) is 5. The van der Waals surface area contributed by atoms with E-state index in [0.717, 1.165) is 15.9 Å². The smallest absolute Gasteiger partial charge is 0.235 e. The lowest BCUT2D eigenvalue weighted by molar-refractivity contribution is 0.303. The fourth-order valence-electron chi connectivity index (χ4n) is 2.74. The van der Waals surface area contributed by atoms with Gasteiger partial charge in [-0.2, -0.15) is 9.61 Å². The van der Waals surface area contributed by atoms with E-state index < -0.39 is 0 Å². The van der Waals surface area contributed by atoms with E-state index in [1.165, 1.54) is 23.5 Å². The van der Waals surface area contributed by atoms with Crippen molar-refractivity contribution in [1.82, 2.24) is 24.8 Å². The molecule has 0 bridgehead atoms. The number of pyridine rings is 1. The fourth-order valence-corrected chi connectivity index (χ4v) is 3.49. The molecule has 0 saturated carbocycles. The van der Waals surface area contributed by atoms with Gasteiger partial charge in [-0.25, -0.2) is 9.37 Å². The highest BCUT2D eigenvalue weighted by Crippen LogP contribution is 2.23. The first-order valence-electron chi connectivity index (χ1n) is 8.22. The maximum atomic E-state index is 13.0. The van der Waals surface area contributed by atoms with Crippen molar-refractivity contribution >= 4 is 27.2 Å². The minimum atomic E-state index is -0.298. The minimum absolute atomic E-state index is 0.268. The van der Waals surface area contributed by atoms with Crippen LogP contribution in [0, 0.1) is 5.82 Å². The lowest BCUT2D eigenvalue weighted by Crippen LogP contribution is -1.98. The molecule has 0 saturated heterocycles. The summed E-state index contributed by atoms with van der Waals surface area (Å²) >= 11 is 1.39. The number of para-hydroxylation sites is 1. The van der Waals surface area contributed by atoms with Crippen molar-refractivity contribution in [1.29, 1.82) is 0 Å². The second-order valence-corrected chi connectivity index (χ2v) is 6.89. The molecule has 5 aromatic rings. The summed E-state index contributed by atoms with van der Waals surface area (Å²) in [5.41, 5.74) is 1.60. The number of halogens is 1. The summed E-state index contributed by atoms with van der Waals surface area (Å²) in [6.07, 6.45) is 0. The van der Waals surface area contributed by atoms with Crippen LogP contribution < -0.4 is 4.74 Å². The fraction of sp³-hybridized carbons (Fsp3) is 0.0526. The Labute approximate surface area is 156 Å². The number of aromatic nitrogens is 5. The molecule has 0 atom stereocenters. The van der Waals surface area contributed by atoms with Gasteiger partial charge in [0.2, 0.25) is 10.8 Å². The van der Waals surface area contributed by atoms with Crippen LogP contribution >= 0.6 is 11.3 Å². The molecule has 0 spiro atoms. The molecule has 27 heavy (non-hydrogen) atoms. The van der Waals surface area contributed by atoms with Crippen LogP contribution in [0.2, 0.25) is 0 Å². The van der Waals surface area contributed by atoms with E-state index in [1.54, 1.807) is 16.6 Å². The van der Waals surface area contributed by atoms with E-state index >= 15 is 0 Å². The molecule has 0 radical (unpaired) electrons. The Morgan fingerprint density at radius 2 is 1.81 bits per heavy atom. The lowest BCUT2D eigenvalue weighted by Gasteiger charge is -2.03. The van der Waals surface area contributed by atoms with Crippen LogP contribution in [0.1, 0.15) is 5.01 Å². The zero-order valence-electron chi connectivity index (χ0n) is 13.9. The minimum Gasteiger partial charge on any atom is -0.486 e. The SMILES string of the molecule is Fc1ccc(OCc2nn3c(-c4ccc5ccccc5n4)nnc3s2)cc1. The van der Waals surface area contributed by atoms with Crippen LogP contribution in [0.4, 0.5) is 4.39 Å². The second-order valence-electron chi connectivity index (χ2n) is 5.85. The number of ether oxygens (including phenoxy) is 1. The Balaban J connectivity index is 1.44. The van der Waals surface area contributed by atoms with Gasteiger partial charge in [0.15, 0.2) is 5.01 Å². The summed E-state index contributed by atoms with van der Waals surface area (Å²) < 4.78 is 20.3. The number of fused-ring (bicyclic) bond motifs is 2. The summed E-state index contributed by atoms with van der Waals surface area (Å²) in [7, 11) is 0. The molecule has 0 aliphatic carbocycles. The summed E-state index contributed by atoms with van der Waals surface area (Å²) in [4.78, 5) is 5.32. The van der Waals surface area contributed by atoms with Crippen LogP contribution in [0.25, 0.3) is 27.4 Å². The van der Waals surface area contributed by atoms with E-state index in [0.29, 0.717) is 22.2 Å². The largest absolute Gasteiger partial charge is 0.486 e. The molecule has 0 unspecified atom stereocenters. The Bertz CT molecular complexity index is 1250. The third-order valence-electron chi connectivity index (χ3n) is 4.04. The van der Waals surface area contributed by atoms with Gasteiger partial charge < -0.3 is 4.74 Å². The summed E-state index contributed by atoms with van der Waals surface area (Å²) in [6.45, 7) is 0.268. The van der Waals surface area contributed by atoms with Crippen molar-refractivity contribution in [2.24, 2.45) is 0 Å². The van der Waals surface area contributed by atoms with Crippen molar-refractivity contribution in [3.63, 3.8) is 0 Å². The summed E-state index contributed by atoms with van der Waals surface area (Å²) in [6, 6.07) is 17.7. The average molecular weight is 377 g/mol. The first-order valence-corrected chi connectivity index (χ1v) is 9.03. The molecule has 0 fully saturated rings. The predicted octanol–water partition coefficient (Wildman–Crippen LogP) is 4.12. The van der Waals surface area contributed by atoms with Crippen molar-refractivity contribution < 1.29 is 9.13 Å². The van der Waals surface area contributed by atoms with Gasteiger partial charge >= 0.3 is 0 Å². The van der Waals surface area contributed by atoms with Crippen LogP contribution in [0.15, 0.2) is 60.7 Å². The molecule has 5 rings (SSSR count). The molecule has 0 amide bonds. The van der Waals surface area contributed by atoms with Crippen molar-refractivity contribution in [2.75, 3.05) is 0 Å². The number of rotatable bonds is 4. The normalized spacial score (nSPS) is 11.3. The molecule has 132 valence electrons. The zero-order valence-corrected chi connectivity index (χ0v) is 14.7. The highest BCUT2D eigenvalue weighted by atomic mass is 32.1. The second kappa shape index (κ2) is 6.40. The Kier molecular flexibility index (Phi) is 3.75. The first kappa shape index (κ1) is 15.8.